The summed E-state index contributed by atoms with van der Waals surface area (Å²) in [6.45, 7) is 0.293. The molecule has 0 saturated heterocycles. The maximum absolute atomic E-state index is 11.1. The van der Waals surface area contributed by atoms with E-state index in [0.717, 1.165) is 5.56 Å². The van der Waals surface area contributed by atoms with Gasteiger partial charge in [-0.05, 0) is 11.6 Å². The number of non-ortho nitro benzene ring substituents is 1. The minimum Gasteiger partial charge on any atom is -0.488 e. The molecule has 2 aromatic carbocycles. The Morgan fingerprint density at radius 2 is 1.95 bits per heavy atom. The minimum absolute atomic E-state index is 0.119. The molecule has 0 aliphatic rings. The van der Waals surface area contributed by atoms with E-state index in [4.69, 9.17) is 9.47 Å². The van der Waals surface area contributed by atoms with Gasteiger partial charge in [-0.3, -0.25) is 10.1 Å². The van der Waals surface area contributed by atoms with Crippen molar-refractivity contribution in [2.75, 3.05) is 7.11 Å². The monoisotopic (exact) mass is 301 g/mol. The van der Waals surface area contributed by atoms with E-state index in [2.05, 4.69) is 0 Å². The fraction of sp³-hybridized carbons (Fsp3) is 0.188. The molecule has 0 heterocycles. The van der Waals surface area contributed by atoms with E-state index in [0.29, 0.717) is 24.2 Å². The second-order valence-corrected chi connectivity index (χ2v) is 4.55. The van der Waals surface area contributed by atoms with Gasteiger partial charge < -0.3 is 14.3 Å². The van der Waals surface area contributed by atoms with Crippen LogP contribution >= 0.6 is 0 Å². The lowest BCUT2D eigenvalue weighted by Gasteiger charge is -2.15. The van der Waals surface area contributed by atoms with Crippen LogP contribution in [0.1, 0.15) is 17.2 Å². The predicted molar refractivity (Wildman–Crippen MR) is 79.7 cm³/mol. The number of rotatable bonds is 7. The van der Waals surface area contributed by atoms with Gasteiger partial charge in [0.2, 0.25) is 0 Å². The van der Waals surface area contributed by atoms with Gasteiger partial charge in [-0.25, -0.2) is 0 Å². The molecular weight excluding hydrogens is 286 g/mol. The number of nitro benzene ring substituents is 1. The average Bonchev–Trinajstić information content (AvgIpc) is 2.55. The number of aldehydes is 1. The van der Waals surface area contributed by atoms with Crippen LogP contribution in [0.25, 0.3) is 0 Å². The van der Waals surface area contributed by atoms with Crippen LogP contribution in [0.3, 0.4) is 0 Å². The van der Waals surface area contributed by atoms with Crippen molar-refractivity contribution in [3.63, 3.8) is 0 Å². The van der Waals surface area contributed by atoms with Crippen LogP contribution in [0.4, 0.5) is 5.69 Å². The van der Waals surface area contributed by atoms with Crippen LogP contribution in [0, 0.1) is 10.1 Å². The highest BCUT2D eigenvalue weighted by Gasteiger charge is 2.19. The highest BCUT2D eigenvalue weighted by Crippen LogP contribution is 2.30. The van der Waals surface area contributed by atoms with E-state index in [9.17, 15) is 14.9 Å². The Kier molecular flexibility index (Phi) is 5.21. The van der Waals surface area contributed by atoms with Crippen molar-refractivity contribution in [2.45, 2.75) is 12.7 Å². The third-order valence-corrected chi connectivity index (χ3v) is 3.13. The first-order chi connectivity index (χ1) is 10.7. The largest absolute Gasteiger partial charge is 0.488 e. The predicted octanol–water partition coefficient (Wildman–Crippen LogP) is 3.06. The highest BCUT2D eigenvalue weighted by atomic mass is 16.6. The Labute approximate surface area is 127 Å². The van der Waals surface area contributed by atoms with Gasteiger partial charge in [0.15, 0.2) is 6.29 Å². The number of ether oxygens (including phenoxy) is 2. The molecule has 0 radical (unpaired) electrons. The van der Waals surface area contributed by atoms with Gasteiger partial charge in [-0.2, -0.15) is 0 Å². The number of nitrogens with zero attached hydrogens (tertiary/aromatic N) is 1. The first kappa shape index (κ1) is 15.7. The minimum atomic E-state index is -0.911. The van der Waals surface area contributed by atoms with Crippen LogP contribution in [0.5, 0.6) is 5.75 Å². The molecular formula is C16H15NO5. The van der Waals surface area contributed by atoms with E-state index >= 15 is 0 Å². The van der Waals surface area contributed by atoms with E-state index in [1.54, 1.807) is 0 Å². The first-order valence-corrected chi connectivity index (χ1v) is 6.59. The highest BCUT2D eigenvalue weighted by molar-refractivity contribution is 5.63. The van der Waals surface area contributed by atoms with Crippen LogP contribution in [0.2, 0.25) is 0 Å². The lowest BCUT2D eigenvalue weighted by atomic mass is 10.1. The van der Waals surface area contributed by atoms with Crippen molar-refractivity contribution >= 4 is 12.0 Å². The van der Waals surface area contributed by atoms with Gasteiger partial charge in [0, 0.05) is 24.8 Å². The molecule has 0 N–H and O–H groups in total. The molecule has 0 aromatic heterocycles. The van der Waals surface area contributed by atoms with Crippen molar-refractivity contribution < 1.29 is 19.2 Å². The van der Waals surface area contributed by atoms with E-state index in [-0.39, 0.29) is 5.69 Å². The fourth-order valence-electron chi connectivity index (χ4n) is 1.99. The van der Waals surface area contributed by atoms with Crippen LogP contribution in [-0.2, 0) is 16.1 Å². The molecule has 1 unspecified atom stereocenters. The summed E-state index contributed by atoms with van der Waals surface area (Å²) >= 11 is 0. The molecule has 0 amide bonds. The summed E-state index contributed by atoms with van der Waals surface area (Å²) in [5.41, 5.74) is 1.17. The molecule has 0 saturated carbocycles. The van der Waals surface area contributed by atoms with Gasteiger partial charge in [-0.1, -0.05) is 30.3 Å². The summed E-state index contributed by atoms with van der Waals surface area (Å²) < 4.78 is 10.7. The summed E-state index contributed by atoms with van der Waals surface area (Å²) in [5, 5.41) is 10.9. The maximum Gasteiger partial charge on any atom is 0.270 e. The molecule has 2 aromatic rings. The smallest absolute Gasteiger partial charge is 0.270 e. The normalized spacial score (nSPS) is 11.7. The van der Waals surface area contributed by atoms with Gasteiger partial charge in [0.1, 0.15) is 18.5 Å². The Hall–Kier alpha value is -2.73. The second-order valence-electron chi connectivity index (χ2n) is 4.55. The maximum atomic E-state index is 11.1. The Bertz CT molecular complexity index is 657. The van der Waals surface area contributed by atoms with Crippen LogP contribution in [-0.4, -0.2) is 18.3 Å². The van der Waals surface area contributed by atoms with Crippen LogP contribution < -0.4 is 4.74 Å². The van der Waals surface area contributed by atoms with Crippen LogP contribution in [0.15, 0.2) is 48.5 Å². The van der Waals surface area contributed by atoms with Gasteiger partial charge >= 0.3 is 0 Å². The Balaban J connectivity index is 2.28. The topological polar surface area (TPSA) is 78.7 Å². The number of nitro groups is 1. The molecule has 0 aliphatic carbocycles. The quantitative estimate of drug-likeness (QED) is 0.446. The number of hydrogen-bond donors (Lipinski definition) is 0. The van der Waals surface area contributed by atoms with Gasteiger partial charge in [0.25, 0.3) is 5.69 Å². The number of benzene rings is 2. The average molecular weight is 301 g/mol. The third kappa shape index (κ3) is 3.67. The molecule has 0 spiro atoms. The summed E-state index contributed by atoms with van der Waals surface area (Å²) in [7, 11) is 1.36. The summed E-state index contributed by atoms with van der Waals surface area (Å²) in [5.74, 6) is 0.383. The zero-order chi connectivity index (χ0) is 15.9. The standard InChI is InChI=1S/C16H15NO5/c1-21-16(10-18)14-9-13(17(19)20)7-8-15(14)22-11-12-5-3-2-4-6-12/h2-10,16H,11H2,1H3. The summed E-state index contributed by atoms with van der Waals surface area (Å²) in [6, 6.07) is 13.6. The molecule has 22 heavy (non-hydrogen) atoms. The van der Waals surface area contributed by atoms with Crippen molar-refractivity contribution in [3.8, 4) is 5.75 Å². The zero-order valence-electron chi connectivity index (χ0n) is 12.0. The zero-order valence-corrected chi connectivity index (χ0v) is 12.0. The molecule has 0 aliphatic heterocycles. The van der Waals surface area contributed by atoms with Crippen molar-refractivity contribution in [1.29, 1.82) is 0 Å². The molecule has 6 nitrogen and oxygen atoms in total. The summed E-state index contributed by atoms with van der Waals surface area (Å²) in [4.78, 5) is 21.4. The van der Waals surface area contributed by atoms with Gasteiger partial charge in [-0.15, -0.1) is 0 Å². The summed E-state index contributed by atoms with van der Waals surface area (Å²) in [6.07, 6.45) is -0.334. The fourth-order valence-corrected chi connectivity index (χ4v) is 1.99. The SMILES string of the molecule is COC(C=O)c1cc([N+](=O)[O-])ccc1OCc1ccccc1. The molecule has 0 fully saturated rings. The van der Waals surface area contributed by atoms with E-state index < -0.39 is 11.0 Å². The second kappa shape index (κ2) is 7.33. The van der Waals surface area contributed by atoms with E-state index in [1.165, 1.54) is 25.3 Å². The first-order valence-electron chi connectivity index (χ1n) is 6.59. The molecule has 114 valence electrons. The molecule has 0 bridgehead atoms. The lowest BCUT2D eigenvalue weighted by molar-refractivity contribution is -0.385. The van der Waals surface area contributed by atoms with Gasteiger partial charge in [0.05, 0.1) is 4.92 Å². The number of methoxy groups -OCH3 is 1. The molecule has 6 heteroatoms. The molecule has 2 rings (SSSR count). The lowest BCUT2D eigenvalue weighted by Crippen LogP contribution is -2.07. The molecule has 1 atom stereocenters. The Morgan fingerprint density at radius 3 is 2.55 bits per heavy atom. The number of carbonyl (C=O) groups is 1. The van der Waals surface area contributed by atoms with E-state index in [1.807, 2.05) is 30.3 Å². The van der Waals surface area contributed by atoms with Crippen molar-refractivity contribution in [1.82, 2.24) is 0 Å². The van der Waals surface area contributed by atoms with Crippen molar-refractivity contribution in [3.05, 3.63) is 69.8 Å². The number of carbonyl (C=O) groups excluding carboxylic acids is 1. The number of hydrogen-bond acceptors (Lipinski definition) is 5. The van der Waals surface area contributed by atoms with Crippen molar-refractivity contribution in [2.24, 2.45) is 0 Å². The Morgan fingerprint density at radius 1 is 1.23 bits per heavy atom. The third-order valence-electron chi connectivity index (χ3n) is 3.13.